The number of methoxy groups -OCH3 is 1. The number of aromatic nitrogens is 1. The number of fused-ring (bicyclic) bond motifs is 1. The smallest absolute Gasteiger partial charge is 0.412 e. The molecule has 3 aromatic rings. The number of pyridine rings is 1. The van der Waals surface area contributed by atoms with Crippen molar-refractivity contribution in [1.29, 1.82) is 0 Å². The van der Waals surface area contributed by atoms with Gasteiger partial charge in [0.25, 0.3) is 5.91 Å². The van der Waals surface area contributed by atoms with E-state index in [9.17, 15) is 9.59 Å². The van der Waals surface area contributed by atoms with Gasteiger partial charge in [0.15, 0.2) is 0 Å². The molecule has 1 aliphatic rings. The molecule has 1 aliphatic carbocycles. The molecule has 0 spiro atoms. The highest BCUT2D eigenvalue weighted by molar-refractivity contribution is 6.12. The van der Waals surface area contributed by atoms with Gasteiger partial charge in [0.1, 0.15) is 11.4 Å². The van der Waals surface area contributed by atoms with Crippen LogP contribution in [0.5, 0.6) is 5.75 Å². The monoisotopic (exact) mass is 433 g/mol. The van der Waals surface area contributed by atoms with Crippen LogP contribution >= 0.6 is 0 Å². The van der Waals surface area contributed by atoms with Gasteiger partial charge in [-0.15, -0.1) is 0 Å². The topological polar surface area (TPSA) is 89.5 Å². The van der Waals surface area contributed by atoms with Gasteiger partial charge in [-0.1, -0.05) is 18.2 Å². The molecule has 1 saturated carbocycles. The van der Waals surface area contributed by atoms with E-state index in [1.165, 1.54) is 7.11 Å². The van der Waals surface area contributed by atoms with Crippen molar-refractivity contribution >= 4 is 34.3 Å². The van der Waals surface area contributed by atoms with Gasteiger partial charge in [-0.2, -0.15) is 0 Å². The van der Waals surface area contributed by atoms with Crippen LogP contribution in [0.15, 0.2) is 48.5 Å². The van der Waals surface area contributed by atoms with E-state index in [1.807, 2.05) is 30.3 Å². The molecule has 1 heterocycles. The van der Waals surface area contributed by atoms with Crippen LogP contribution in [0.1, 0.15) is 55.6 Å². The van der Waals surface area contributed by atoms with Crippen LogP contribution in [-0.2, 0) is 4.74 Å². The van der Waals surface area contributed by atoms with Crippen molar-refractivity contribution in [3.8, 4) is 5.75 Å². The molecule has 0 bridgehead atoms. The Kier molecular flexibility index (Phi) is 5.74. The van der Waals surface area contributed by atoms with Crippen LogP contribution in [0, 0.1) is 0 Å². The summed E-state index contributed by atoms with van der Waals surface area (Å²) in [4.78, 5) is 30.2. The Hall–Kier alpha value is -3.61. The van der Waals surface area contributed by atoms with Crippen molar-refractivity contribution in [1.82, 2.24) is 4.98 Å². The van der Waals surface area contributed by atoms with Crippen molar-refractivity contribution in [2.24, 2.45) is 0 Å². The van der Waals surface area contributed by atoms with Gasteiger partial charge < -0.3 is 14.8 Å². The molecule has 7 heteroatoms. The summed E-state index contributed by atoms with van der Waals surface area (Å²) in [5.41, 5.74) is 2.63. The van der Waals surface area contributed by atoms with Crippen molar-refractivity contribution in [2.75, 3.05) is 17.7 Å². The first-order chi connectivity index (χ1) is 15.2. The zero-order valence-corrected chi connectivity index (χ0v) is 18.7. The van der Waals surface area contributed by atoms with Gasteiger partial charge in [0.2, 0.25) is 0 Å². The van der Waals surface area contributed by atoms with Crippen molar-refractivity contribution in [3.05, 3.63) is 59.8 Å². The number of carbonyl (C=O) groups excluding carboxylic acids is 2. The van der Waals surface area contributed by atoms with Crippen LogP contribution in [0.25, 0.3) is 10.9 Å². The molecule has 0 radical (unpaired) electrons. The predicted molar refractivity (Wildman–Crippen MR) is 125 cm³/mol. The minimum absolute atomic E-state index is 0.237. The molecule has 166 valence electrons. The van der Waals surface area contributed by atoms with Gasteiger partial charge in [-0.25, -0.2) is 4.79 Å². The van der Waals surface area contributed by atoms with Crippen LogP contribution < -0.4 is 15.4 Å². The molecular weight excluding hydrogens is 406 g/mol. The maximum Gasteiger partial charge on any atom is 0.412 e. The molecule has 2 N–H and O–H groups in total. The van der Waals surface area contributed by atoms with Crippen LogP contribution in [-0.4, -0.2) is 29.7 Å². The van der Waals surface area contributed by atoms with E-state index < -0.39 is 11.7 Å². The highest BCUT2D eigenvalue weighted by atomic mass is 16.6. The number of hydrogen-bond acceptors (Lipinski definition) is 5. The molecule has 0 unspecified atom stereocenters. The quantitative estimate of drug-likeness (QED) is 0.537. The first kappa shape index (κ1) is 21.6. The molecule has 0 aliphatic heterocycles. The van der Waals surface area contributed by atoms with E-state index >= 15 is 0 Å². The number of rotatable bonds is 5. The molecule has 1 fully saturated rings. The lowest BCUT2D eigenvalue weighted by Crippen LogP contribution is -2.27. The summed E-state index contributed by atoms with van der Waals surface area (Å²) in [6, 6.07) is 14.6. The van der Waals surface area contributed by atoms with Crippen LogP contribution in [0.2, 0.25) is 0 Å². The first-order valence-corrected chi connectivity index (χ1v) is 10.6. The third kappa shape index (κ3) is 4.99. The molecule has 2 aromatic carbocycles. The molecule has 1 aromatic heterocycles. The Morgan fingerprint density at radius 2 is 1.78 bits per heavy atom. The Morgan fingerprint density at radius 1 is 1.03 bits per heavy atom. The third-order valence-corrected chi connectivity index (χ3v) is 5.07. The Bertz CT molecular complexity index is 1180. The summed E-state index contributed by atoms with van der Waals surface area (Å²) < 4.78 is 10.7. The number of amides is 2. The standard InChI is InChI=1S/C25H27N3O4/c1-25(2,3)32-24(30)28-21-13-16(11-12-22(21)31-4)26-23(29)18-14-20(15-9-10-15)27-19-8-6-5-7-17(18)19/h5-8,11-15H,9-10H2,1-4H3,(H,26,29)(H,28,30). The summed E-state index contributed by atoms with van der Waals surface area (Å²) in [5, 5.41) is 6.42. The van der Waals surface area contributed by atoms with Crippen molar-refractivity contribution in [2.45, 2.75) is 45.1 Å². The normalized spacial score (nSPS) is 13.5. The number of anilines is 2. The predicted octanol–water partition coefficient (Wildman–Crippen LogP) is 5.72. The second kappa shape index (κ2) is 8.49. The summed E-state index contributed by atoms with van der Waals surface area (Å²) in [6.45, 7) is 5.36. The van der Waals surface area contributed by atoms with Crippen molar-refractivity contribution in [3.63, 3.8) is 0 Å². The minimum atomic E-state index is -0.634. The largest absolute Gasteiger partial charge is 0.495 e. The SMILES string of the molecule is COc1ccc(NC(=O)c2cc(C3CC3)nc3ccccc23)cc1NC(=O)OC(C)(C)C. The lowest BCUT2D eigenvalue weighted by Gasteiger charge is -2.20. The molecule has 7 nitrogen and oxygen atoms in total. The van der Waals surface area contributed by atoms with E-state index in [0.29, 0.717) is 28.6 Å². The van der Waals surface area contributed by atoms with Crippen LogP contribution in [0.3, 0.4) is 0 Å². The number of ether oxygens (including phenoxy) is 2. The van der Waals surface area contributed by atoms with Gasteiger partial charge in [-0.05, 0) is 63.9 Å². The molecule has 32 heavy (non-hydrogen) atoms. The zero-order valence-electron chi connectivity index (χ0n) is 18.7. The lowest BCUT2D eigenvalue weighted by atomic mass is 10.1. The zero-order chi connectivity index (χ0) is 22.9. The van der Waals surface area contributed by atoms with Gasteiger partial charge in [-0.3, -0.25) is 15.1 Å². The molecule has 2 amide bonds. The summed E-state index contributed by atoms with van der Waals surface area (Å²) in [5.74, 6) is 0.648. The van der Waals surface area contributed by atoms with E-state index in [2.05, 4.69) is 10.6 Å². The molecule has 4 rings (SSSR count). The van der Waals surface area contributed by atoms with Crippen LogP contribution in [0.4, 0.5) is 16.2 Å². The Balaban J connectivity index is 1.60. The fourth-order valence-electron chi connectivity index (χ4n) is 3.47. The highest BCUT2D eigenvalue weighted by Crippen LogP contribution is 2.40. The van der Waals surface area contributed by atoms with Crippen molar-refractivity contribution < 1.29 is 19.1 Å². The number of nitrogens with one attached hydrogen (secondary N) is 2. The maximum absolute atomic E-state index is 13.2. The van der Waals surface area contributed by atoms with E-state index in [4.69, 9.17) is 14.5 Å². The summed E-state index contributed by atoms with van der Waals surface area (Å²) in [6.07, 6.45) is 1.60. The average molecular weight is 434 g/mol. The number of para-hydroxylation sites is 1. The third-order valence-electron chi connectivity index (χ3n) is 5.07. The summed E-state index contributed by atoms with van der Waals surface area (Å²) in [7, 11) is 1.51. The Labute approximate surface area is 187 Å². The molecular formula is C25H27N3O4. The molecule has 0 saturated heterocycles. The highest BCUT2D eigenvalue weighted by Gasteiger charge is 2.27. The fraction of sp³-hybridized carbons (Fsp3) is 0.320. The minimum Gasteiger partial charge on any atom is -0.495 e. The van der Waals surface area contributed by atoms with E-state index in [1.54, 1.807) is 39.0 Å². The Morgan fingerprint density at radius 3 is 2.47 bits per heavy atom. The number of benzene rings is 2. The van der Waals surface area contributed by atoms with Gasteiger partial charge in [0.05, 0.1) is 23.9 Å². The molecule has 0 atom stereocenters. The fourth-order valence-corrected chi connectivity index (χ4v) is 3.47. The van der Waals surface area contributed by atoms with E-state index in [-0.39, 0.29) is 5.91 Å². The van der Waals surface area contributed by atoms with Gasteiger partial charge in [0, 0.05) is 22.7 Å². The lowest BCUT2D eigenvalue weighted by molar-refractivity contribution is 0.0635. The average Bonchev–Trinajstić information content (AvgIpc) is 3.57. The second-order valence-corrected chi connectivity index (χ2v) is 8.88. The number of hydrogen-bond donors (Lipinski definition) is 2. The maximum atomic E-state index is 13.2. The second-order valence-electron chi connectivity index (χ2n) is 8.88. The van der Waals surface area contributed by atoms with E-state index in [0.717, 1.165) is 29.4 Å². The number of carbonyl (C=O) groups is 2. The first-order valence-electron chi connectivity index (χ1n) is 10.6. The van der Waals surface area contributed by atoms with Gasteiger partial charge >= 0.3 is 6.09 Å². The number of nitrogens with zero attached hydrogens (tertiary/aromatic N) is 1. The summed E-state index contributed by atoms with van der Waals surface area (Å²) >= 11 is 0.